The summed E-state index contributed by atoms with van der Waals surface area (Å²) in [6, 6.07) is 17.9. The summed E-state index contributed by atoms with van der Waals surface area (Å²) in [6.07, 6.45) is -3.27. The number of hydrogen-bond donors (Lipinski definition) is 3. The van der Waals surface area contributed by atoms with Crippen molar-refractivity contribution in [2.75, 3.05) is 6.61 Å². The Labute approximate surface area is 228 Å². The first-order chi connectivity index (χ1) is 18.7. The molecule has 9 heteroatoms. The maximum atomic E-state index is 14.3. The number of aryl methyl sites for hydroxylation is 1. The molecule has 210 valence electrons. The first-order valence-electron chi connectivity index (χ1n) is 13.4. The SMILES string of the molecule is CC(C)c1nn(Cc2ccccc2)c(OC2CC(O)[C@H](F)C(CO)O2)c1Cc1ccc(CCCC(=O)O)cc1. The zero-order chi connectivity index (χ0) is 27.9. The van der Waals surface area contributed by atoms with Crippen LogP contribution in [0, 0.1) is 0 Å². The standard InChI is InChI=1S/C30H37FN2O6/c1-19(2)29-23(15-21-13-11-20(12-14-21)9-6-10-26(36)37)30(33(32-29)17-22-7-4-3-5-8-22)39-27-16-24(35)28(31)25(18-34)38-27/h3-5,7-8,11-14,19,24-25,27-28,34-35H,6,9-10,15-18H2,1-2H3,(H,36,37)/t24?,25?,27?,28-/m0/s1. The van der Waals surface area contributed by atoms with Crippen molar-refractivity contribution < 1.29 is 34.0 Å². The van der Waals surface area contributed by atoms with Gasteiger partial charge in [0.05, 0.1) is 24.9 Å². The van der Waals surface area contributed by atoms with Gasteiger partial charge in [-0.2, -0.15) is 5.10 Å². The fourth-order valence-corrected chi connectivity index (χ4v) is 4.84. The van der Waals surface area contributed by atoms with Gasteiger partial charge in [0.1, 0.15) is 6.10 Å². The number of halogens is 1. The lowest BCUT2D eigenvalue weighted by Gasteiger charge is -2.35. The lowest BCUT2D eigenvalue weighted by Crippen LogP contribution is -2.49. The lowest BCUT2D eigenvalue weighted by atomic mass is 9.98. The molecule has 1 aliphatic heterocycles. The molecule has 3 unspecified atom stereocenters. The summed E-state index contributed by atoms with van der Waals surface area (Å²) in [6.45, 7) is 4.00. The van der Waals surface area contributed by atoms with Crippen molar-refractivity contribution in [2.45, 2.75) is 83.1 Å². The Morgan fingerprint density at radius 3 is 2.46 bits per heavy atom. The van der Waals surface area contributed by atoms with Crippen LogP contribution >= 0.6 is 0 Å². The van der Waals surface area contributed by atoms with Gasteiger partial charge in [0.2, 0.25) is 12.2 Å². The maximum Gasteiger partial charge on any atom is 0.303 e. The minimum atomic E-state index is -1.69. The summed E-state index contributed by atoms with van der Waals surface area (Å²) >= 11 is 0. The number of hydrogen-bond acceptors (Lipinski definition) is 6. The molecular formula is C30H37FN2O6. The molecule has 3 N–H and O–H groups in total. The summed E-state index contributed by atoms with van der Waals surface area (Å²) in [5.74, 6) is -0.220. The third-order valence-electron chi connectivity index (χ3n) is 6.92. The molecule has 0 bridgehead atoms. The van der Waals surface area contributed by atoms with Crippen LogP contribution in [0.1, 0.15) is 67.0 Å². The van der Waals surface area contributed by atoms with Crippen LogP contribution in [0.4, 0.5) is 4.39 Å². The summed E-state index contributed by atoms with van der Waals surface area (Å²) in [7, 11) is 0. The second-order valence-electron chi connectivity index (χ2n) is 10.4. The number of benzene rings is 2. The maximum absolute atomic E-state index is 14.3. The van der Waals surface area contributed by atoms with E-state index in [9.17, 15) is 19.4 Å². The number of aromatic nitrogens is 2. The first-order valence-corrected chi connectivity index (χ1v) is 13.4. The highest BCUT2D eigenvalue weighted by molar-refractivity contribution is 5.66. The second-order valence-corrected chi connectivity index (χ2v) is 10.4. The van der Waals surface area contributed by atoms with E-state index in [2.05, 4.69) is 13.8 Å². The number of aliphatic carboxylic acids is 1. The van der Waals surface area contributed by atoms with Crippen LogP contribution in [0.2, 0.25) is 0 Å². The smallest absolute Gasteiger partial charge is 0.303 e. The summed E-state index contributed by atoms with van der Waals surface area (Å²) in [5.41, 5.74) is 4.87. The van der Waals surface area contributed by atoms with Gasteiger partial charge in [-0.05, 0) is 35.4 Å². The zero-order valence-electron chi connectivity index (χ0n) is 22.4. The minimum Gasteiger partial charge on any atom is -0.481 e. The van der Waals surface area contributed by atoms with Gasteiger partial charge in [0, 0.05) is 24.8 Å². The molecule has 4 rings (SSSR count). The number of carbonyl (C=O) groups is 1. The average molecular weight is 541 g/mol. The Balaban J connectivity index is 1.64. The number of aliphatic hydroxyl groups is 2. The number of alkyl halides is 1. The number of rotatable bonds is 12. The predicted octanol–water partition coefficient (Wildman–Crippen LogP) is 4.24. The van der Waals surface area contributed by atoms with Crippen molar-refractivity contribution in [3.05, 3.63) is 82.5 Å². The zero-order valence-corrected chi connectivity index (χ0v) is 22.4. The monoisotopic (exact) mass is 540 g/mol. The molecule has 1 saturated heterocycles. The number of carboxylic acids is 1. The van der Waals surface area contributed by atoms with E-state index in [1.54, 1.807) is 4.68 Å². The normalized spacial score (nSPS) is 21.3. The molecule has 3 aromatic rings. The summed E-state index contributed by atoms with van der Waals surface area (Å²) in [5, 5.41) is 33.6. The van der Waals surface area contributed by atoms with Crippen molar-refractivity contribution in [1.82, 2.24) is 9.78 Å². The molecule has 8 nitrogen and oxygen atoms in total. The average Bonchev–Trinajstić information content (AvgIpc) is 3.24. The van der Waals surface area contributed by atoms with Gasteiger partial charge >= 0.3 is 5.97 Å². The quantitative estimate of drug-likeness (QED) is 0.315. The van der Waals surface area contributed by atoms with E-state index in [0.717, 1.165) is 27.9 Å². The molecule has 1 fully saturated rings. The molecule has 1 aromatic heterocycles. The molecule has 1 aliphatic rings. The summed E-state index contributed by atoms with van der Waals surface area (Å²) in [4.78, 5) is 10.8. The van der Waals surface area contributed by atoms with Crippen LogP contribution in [0.3, 0.4) is 0 Å². The highest BCUT2D eigenvalue weighted by Gasteiger charge is 2.39. The van der Waals surface area contributed by atoms with Gasteiger partial charge < -0.3 is 24.8 Å². The van der Waals surface area contributed by atoms with E-state index in [0.29, 0.717) is 31.7 Å². The third-order valence-corrected chi connectivity index (χ3v) is 6.92. The lowest BCUT2D eigenvalue weighted by molar-refractivity contribution is -0.215. The van der Waals surface area contributed by atoms with Crippen LogP contribution < -0.4 is 4.74 Å². The number of carboxylic acid groups (broad SMARTS) is 1. The number of nitrogens with zero attached hydrogens (tertiary/aromatic N) is 2. The molecule has 2 aromatic carbocycles. The molecule has 2 heterocycles. The predicted molar refractivity (Wildman–Crippen MR) is 144 cm³/mol. The van der Waals surface area contributed by atoms with E-state index in [1.807, 2.05) is 54.6 Å². The van der Waals surface area contributed by atoms with Gasteiger partial charge in [0.15, 0.2) is 6.17 Å². The van der Waals surface area contributed by atoms with Gasteiger partial charge in [-0.15, -0.1) is 0 Å². The van der Waals surface area contributed by atoms with Crippen LogP contribution in [0.5, 0.6) is 5.88 Å². The van der Waals surface area contributed by atoms with Crippen molar-refractivity contribution in [3.8, 4) is 5.88 Å². The van der Waals surface area contributed by atoms with E-state index >= 15 is 0 Å². The van der Waals surface area contributed by atoms with E-state index in [1.165, 1.54) is 0 Å². The number of ether oxygens (including phenoxy) is 2. The molecule has 0 spiro atoms. The number of aliphatic hydroxyl groups excluding tert-OH is 2. The van der Waals surface area contributed by atoms with Crippen LogP contribution in [-0.2, 0) is 28.9 Å². The Hall–Kier alpha value is -3.27. The molecular weight excluding hydrogens is 503 g/mol. The Bertz CT molecular complexity index is 1210. The minimum absolute atomic E-state index is 0.0737. The fraction of sp³-hybridized carbons (Fsp3) is 0.467. The summed E-state index contributed by atoms with van der Waals surface area (Å²) < 4.78 is 28.1. The van der Waals surface area contributed by atoms with E-state index in [4.69, 9.17) is 19.7 Å². The molecule has 39 heavy (non-hydrogen) atoms. The molecule has 4 atom stereocenters. The molecule has 0 radical (unpaired) electrons. The first kappa shape index (κ1) is 28.7. The van der Waals surface area contributed by atoms with Crippen molar-refractivity contribution >= 4 is 5.97 Å². The molecule has 0 aliphatic carbocycles. The van der Waals surface area contributed by atoms with Gasteiger partial charge in [-0.25, -0.2) is 9.07 Å². The van der Waals surface area contributed by atoms with Gasteiger partial charge in [-0.3, -0.25) is 4.79 Å². The second kappa shape index (κ2) is 13.2. The van der Waals surface area contributed by atoms with Crippen LogP contribution in [0.25, 0.3) is 0 Å². The highest BCUT2D eigenvalue weighted by atomic mass is 19.1. The Morgan fingerprint density at radius 1 is 1.13 bits per heavy atom. The largest absolute Gasteiger partial charge is 0.481 e. The fourth-order valence-electron chi connectivity index (χ4n) is 4.84. The van der Waals surface area contributed by atoms with Crippen LogP contribution in [0.15, 0.2) is 54.6 Å². The molecule has 0 amide bonds. The van der Waals surface area contributed by atoms with Crippen molar-refractivity contribution in [3.63, 3.8) is 0 Å². The molecule has 0 saturated carbocycles. The van der Waals surface area contributed by atoms with Crippen LogP contribution in [-0.4, -0.2) is 62.3 Å². The van der Waals surface area contributed by atoms with E-state index < -0.39 is 37.2 Å². The third kappa shape index (κ3) is 7.44. The Morgan fingerprint density at radius 2 is 1.82 bits per heavy atom. The van der Waals surface area contributed by atoms with Crippen molar-refractivity contribution in [2.24, 2.45) is 0 Å². The van der Waals surface area contributed by atoms with Gasteiger partial charge in [0.25, 0.3) is 0 Å². The van der Waals surface area contributed by atoms with E-state index in [-0.39, 0.29) is 18.8 Å². The Kier molecular flexibility index (Phi) is 9.72. The highest BCUT2D eigenvalue weighted by Crippen LogP contribution is 2.34. The van der Waals surface area contributed by atoms with Gasteiger partial charge in [-0.1, -0.05) is 68.4 Å². The topological polar surface area (TPSA) is 114 Å². The van der Waals surface area contributed by atoms with Crippen molar-refractivity contribution in [1.29, 1.82) is 0 Å².